The van der Waals surface area contributed by atoms with Crippen LogP contribution in [-0.2, 0) is 6.54 Å². The van der Waals surface area contributed by atoms with Crippen LogP contribution in [0.25, 0.3) is 22.0 Å². The first-order valence-electron chi connectivity index (χ1n) is 9.06. The van der Waals surface area contributed by atoms with E-state index >= 15 is 0 Å². The highest BCUT2D eigenvalue weighted by Gasteiger charge is 2.06. The summed E-state index contributed by atoms with van der Waals surface area (Å²) in [6, 6.07) is 27.1. The third kappa shape index (κ3) is 3.77. The van der Waals surface area contributed by atoms with E-state index in [0.717, 1.165) is 34.6 Å². The number of anilines is 1. The largest absolute Gasteiger partial charge is 0.497 e. The van der Waals surface area contributed by atoms with Gasteiger partial charge < -0.3 is 10.1 Å². The van der Waals surface area contributed by atoms with Crippen molar-refractivity contribution in [2.24, 2.45) is 0 Å². The zero-order valence-electron chi connectivity index (χ0n) is 15.6. The Morgan fingerprint density at radius 1 is 0.889 bits per heavy atom. The number of aromatic nitrogens is 1. The van der Waals surface area contributed by atoms with Crippen molar-refractivity contribution in [3.8, 4) is 16.9 Å². The summed E-state index contributed by atoms with van der Waals surface area (Å²) in [5.41, 5.74) is 6.73. The van der Waals surface area contributed by atoms with Crippen LogP contribution in [0.1, 0.15) is 11.3 Å². The molecule has 0 radical (unpaired) electrons. The van der Waals surface area contributed by atoms with Gasteiger partial charge in [0.1, 0.15) is 5.75 Å². The van der Waals surface area contributed by atoms with Gasteiger partial charge in [0.05, 0.1) is 12.6 Å². The number of benzene rings is 3. The smallest absolute Gasteiger partial charge is 0.118 e. The van der Waals surface area contributed by atoms with E-state index in [4.69, 9.17) is 9.72 Å². The van der Waals surface area contributed by atoms with Crippen molar-refractivity contribution < 1.29 is 4.74 Å². The molecule has 0 bridgehead atoms. The first-order chi connectivity index (χ1) is 13.2. The van der Waals surface area contributed by atoms with Crippen LogP contribution < -0.4 is 10.1 Å². The van der Waals surface area contributed by atoms with Gasteiger partial charge in [-0.15, -0.1) is 0 Å². The van der Waals surface area contributed by atoms with Gasteiger partial charge in [0.25, 0.3) is 0 Å². The molecule has 1 aromatic heterocycles. The lowest BCUT2D eigenvalue weighted by Gasteiger charge is -2.11. The summed E-state index contributed by atoms with van der Waals surface area (Å²) in [6.07, 6.45) is 0. The molecule has 0 aliphatic carbocycles. The Labute approximate surface area is 159 Å². The van der Waals surface area contributed by atoms with E-state index < -0.39 is 0 Å². The molecule has 0 unspecified atom stereocenters. The topological polar surface area (TPSA) is 34.1 Å². The second-order valence-electron chi connectivity index (χ2n) is 6.60. The van der Waals surface area contributed by atoms with E-state index in [-0.39, 0.29) is 0 Å². The Kier molecular flexibility index (Phi) is 4.75. The fourth-order valence-corrected chi connectivity index (χ4v) is 3.24. The highest BCUT2D eigenvalue weighted by Crippen LogP contribution is 2.27. The van der Waals surface area contributed by atoms with Crippen LogP contribution in [0, 0.1) is 6.92 Å². The van der Waals surface area contributed by atoms with Crippen molar-refractivity contribution in [2.75, 3.05) is 12.4 Å². The molecule has 0 saturated carbocycles. The number of nitrogens with zero attached hydrogens (tertiary/aromatic N) is 1. The van der Waals surface area contributed by atoms with Gasteiger partial charge in [0.2, 0.25) is 0 Å². The fourth-order valence-electron chi connectivity index (χ4n) is 3.24. The van der Waals surface area contributed by atoms with E-state index in [1.807, 2.05) is 18.2 Å². The summed E-state index contributed by atoms with van der Waals surface area (Å²) in [5.74, 6) is 0.874. The maximum absolute atomic E-state index is 5.21. The fraction of sp³-hybridized carbons (Fsp3) is 0.125. The second kappa shape index (κ2) is 7.50. The lowest BCUT2D eigenvalue weighted by molar-refractivity contribution is 0.414. The Bertz CT molecular complexity index is 1060. The highest BCUT2D eigenvalue weighted by atomic mass is 16.5. The molecule has 0 saturated heterocycles. The molecule has 0 atom stereocenters. The molecule has 0 amide bonds. The van der Waals surface area contributed by atoms with E-state index in [1.165, 1.54) is 16.7 Å². The molecular formula is C24H22N2O. The van der Waals surface area contributed by atoms with Gasteiger partial charge >= 0.3 is 0 Å². The minimum Gasteiger partial charge on any atom is -0.497 e. The number of rotatable bonds is 5. The standard InChI is InChI=1S/C24H22N2O/c1-17-23(19-6-4-3-5-7-19)15-20-14-21(10-13-24(20)26-17)25-16-18-8-11-22(27-2)12-9-18/h3-15,25H,16H2,1-2H3. The maximum Gasteiger partial charge on any atom is 0.118 e. The number of nitrogens with one attached hydrogen (secondary N) is 1. The van der Waals surface area contributed by atoms with E-state index in [0.29, 0.717) is 0 Å². The molecular weight excluding hydrogens is 332 g/mol. The van der Waals surface area contributed by atoms with Crippen molar-refractivity contribution in [1.29, 1.82) is 0 Å². The zero-order chi connectivity index (χ0) is 18.6. The van der Waals surface area contributed by atoms with Gasteiger partial charge in [-0.1, -0.05) is 42.5 Å². The Morgan fingerprint density at radius 3 is 2.41 bits per heavy atom. The van der Waals surface area contributed by atoms with Crippen molar-refractivity contribution in [3.05, 3.63) is 90.1 Å². The molecule has 3 heteroatoms. The average molecular weight is 354 g/mol. The molecule has 3 aromatic carbocycles. The Hall–Kier alpha value is -3.33. The number of fused-ring (bicyclic) bond motifs is 1. The van der Waals surface area contributed by atoms with Crippen LogP contribution in [-0.4, -0.2) is 12.1 Å². The lowest BCUT2D eigenvalue weighted by atomic mass is 10.0. The quantitative estimate of drug-likeness (QED) is 0.489. The van der Waals surface area contributed by atoms with E-state index in [9.17, 15) is 0 Å². The predicted octanol–water partition coefficient (Wildman–Crippen LogP) is 5.83. The summed E-state index contributed by atoms with van der Waals surface area (Å²) in [7, 11) is 1.68. The monoisotopic (exact) mass is 354 g/mol. The van der Waals surface area contributed by atoms with E-state index in [2.05, 4.69) is 72.9 Å². The van der Waals surface area contributed by atoms with Crippen LogP contribution in [0.15, 0.2) is 78.9 Å². The van der Waals surface area contributed by atoms with Gasteiger partial charge in [0, 0.05) is 28.9 Å². The lowest BCUT2D eigenvalue weighted by Crippen LogP contribution is -1.99. The Balaban J connectivity index is 1.60. The normalized spacial score (nSPS) is 10.7. The number of pyridine rings is 1. The van der Waals surface area contributed by atoms with Gasteiger partial charge in [-0.3, -0.25) is 4.98 Å². The summed E-state index contributed by atoms with van der Waals surface area (Å²) < 4.78 is 5.21. The zero-order valence-corrected chi connectivity index (χ0v) is 15.6. The highest BCUT2D eigenvalue weighted by molar-refractivity contribution is 5.87. The average Bonchev–Trinajstić information content (AvgIpc) is 2.73. The molecule has 1 N–H and O–H groups in total. The SMILES string of the molecule is COc1ccc(CNc2ccc3nc(C)c(-c4ccccc4)cc3c2)cc1. The molecule has 0 fully saturated rings. The molecule has 4 rings (SSSR count). The van der Waals surface area contributed by atoms with Gasteiger partial charge in [0.15, 0.2) is 0 Å². The number of methoxy groups -OCH3 is 1. The molecule has 0 aliphatic rings. The number of hydrogen-bond acceptors (Lipinski definition) is 3. The third-order valence-electron chi connectivity index (χ3n) is 4.75. The number of aryl methyl sites for hydroxylation is 1. The third-order valence-corrected chi connectivity index (χ3v) is 4.75. The first-order valence-corrected chi connectivity index (χ1v) is 9.06. The van der Waals surface area contributed by atoms with Crippen molar-refractivity contribution in [2.45, 2.75) is 13.5 Å². The van der Waals surface area contributed by atoms with Crippen molar-refractivity contribution in [3.63, 3.8) is 0 Å². The molecule has 0 spiro atoms. The van der Waals surface area contributed by atoms with Crippen LogP contribution in [0.3, 0.4) is 0 Å². The minimum atomic E-state index is 0.764. The minimum absolute atomic E-state index is 0.764. The molecule has 4 aromatic rings. The number of hydrogen-bond donors (Lipinski definition) is 1. The van der Waals surface area contributed by atoms with Crippen LogP contribution >= 0.6 is 0 Å². The summed E-state index contributed by atoms with van der Waals surface area (Å²) >= 11 is 0. The summed E-state index contributed by atoms with van der Waals surface area (Å²) in [4.78, 5) is 4.79. The second-order valence-corrected chi connectivity index (χ2v) is 6.60. The van der Waals surface area contributed by atoms with Crippen LogP contribution in [0.4, 0.5) is 5.69 Å². The predicted molar refractivity (Wildman–Crippen MR) is 112 cm³/mol. The molecule has 0 aliphatic heterocycles. The molecule has 27 heavy (non-hydrogen) atoms. The molecule has 1 heterocycles. The van der Waals surface area contributed by atoms with Crippen molar-refractivity contribution in [1.82, 2.24) is 4.98 Å². The van der Waals surface area contributed by atoms with Gasteiger partial charge in [-0.05, 0) is 54.4 Å². The van der Waals surface area contributed by atoms with Gasteiger partial charge in [-0.2, -0.15) is 0 Å². The first kappa shape index (κ1) is 17.1. The van der Waals surface area contributed by atoms with Crippen LogP contribution in [0.2, 0.25) is 0 Å². The Morgan fingerprint density at radius 2 is 1.67 bits per heavy atom. The summed E-state index contributed by atoms with van der Waals surface area (Å²) in [5, 5.41) is 4.63. The van der Waals surface area contributed by atoms with Crippen molar-refractivity contribution >= 4 is 16.6 Å². The van der Waals surface area contributed by atoms with Gasteiger partial charge in [-0.25, -0.2) is 0 Å². The van der Waals surface area contributed by atoms with Crippen LogP contribution in [0.5, 0.6) is 5.75 Å². The van der Waals surface area contributed by atoms with E-state index in [1.54, 1.807) is 7.11 Å². The molecule has 3 nitrogen and oxygen atoms in total. The summed E-state index contributed by atoms with van der Waals surface area (Å²) in [6.45, 7) is 2.83. The maximum atomic E-state index is 5.21. The number of ether oxygens (including phenoxy) is 1. The molecule has 134 valence electrons.